The third-order valence-electron chi connectivity index (χ3n) is 4.94. The van der Waals surface area contributed by atoms with Gasteiger partial charge in [-0.3, -0.25) is 0 Å². The summed E-state index contributed by atoms with van der Waals surface area (Å²) in [6.45, 7) is 11.9. The highest BCUT2D eigenvalue weighted by molar-refractivity contribution is 4.85. The van der Waals surface area contributed by atoms with Gasteiger partial charge >= 0.3 is 0 Å². The summed E-state index contributed by atoms with van der Waals surface area (Å²) in [6, 6.07) is 0. The van der Waals surface area contributed by atoms with Crippen LogP contribution in [0, 0.1) is 29.6 Å². The summed E-state index contributed by atoms with van der Waals surface area (Å²) in [5.41, 5.74) is 0. The second-order valence-corrected chi connectivity index (χ2v) is 6.03. The smallest absolute Gasteiger partial charge is 0.0357 e. The van der Waals surface area contributed by atoms with Gasteiger partial charge in [0.15, 0.2) is 0 Å². The van der Waals surface area contributed by atoms with Crippen LogP contribution in [0.15, 0.2) is 0 Å². The predicted octanol–water partition coefficient (Wildman–Crippen LogP) is 5.13. The first-order chi connectivity index (χ1) is 7.10. The Hall–Kier alpha value is 0. The Balaban J connectivity index is 2.41. The fourth-order valence-corrected chi connectivity index (χ4v) is 3.12. The van der Waals surface area contributed by atoms with E-state index in [1.54, 1.807) is 0 Å². The Bertz CT molecular complexity index is 169. The first-order valence-electron chi connectivity index (χ1n) is 7.10. The quantitative estimate of drug-likeness (QED) is 0.570. The monoisotopic (exact) mass is 210 g/mol. The molecule has 15 heavy (non-hydrogen) atoms. The van der Waals surface area contributed by atoms with Gasteiger partial charge in [-0.05, 0) is 48.9 Å². The third-order valence-corrected chi connectivity index (χ3v) is 4.94. The zero-order valence-electron chi connectivity index (χ0n) is 11.4. The van der Waals surface area contributed by atoms with Gasteiger partial charge in [0.05, 0.1) is 0 Å². The summed E-state index contributed by atoms with van der Waals surface area (Å²) in [5, 5.41) is 0. The Morgan fingerprint density at radius 3 is 2.07 bits per heavy atom. The molecule has 1 saturated carbocycles. The van der Waals surface area contributed by atoms with E-state index in [2.05, 4.69) is 34.6 Å². The molecule has 1 aliphatic carbocycles. The summed E-state index contributed by atoms with van der Waals surface area (Å²) in [5.74, 6) is 4.92. The van der Waals surface area contributed by atoms with Crippen molar-refractivity contribution < 1.29 is 0 Å². The molecule has 0 amide bonds. The predicted molar refractivity (Wildman–Crippen MR) is 68.9 cm³/mol. The number of hydrogen-bond acceptors (Lipinski definition) is 0. The van der Waals surface area contributed by atoms with Gasteiger partial charge in [0.2, 0.25) is 0 Å². The fourth-order valence-electron chi connectivity index (χ4n) is 3.12. The average molecular weight is 210 g/mol. The number of rotatable bonds is 6. The van der Waals surface area contributed by atoms with Gasteiger partial charge in [-0.25, -0.2) is 0 Å². The summed E-state index contributed by atoms with van der Waals surface area (Å²) in [7, 11) is 0. The molecule has 4 atom stereocenters. The molecule has 0 aliphatic heterocycles. The minimum atomic E-state index is 0.860. The van der Waals surface area contributed by atoms with Crippen LogP contribution in [0.25, 0.3) is 0 Å². The zero-order valence-corrected chi connectivity index (χ0v) is 11.4. The second kappa shape index (κ2) is 5.92. The molecule has 1 rings (SSSR count). The summed E-state index contributed by atoms with van der Waals surface area (Å²) in [6.07, 6.45) is 7.31. The molecule has 1 aliphatic rings. The van der Waals surface area contributed by atoms with Crippen molar-refractivity contribution >= 4 is 0 Å². The molecule has 0 heteroatoms. The van der Waals surface area contributed by atoms with E-state index in [-0.39, 0.29) is 0 Å². The van der Waals surface area contributed by atoms with Gasteiger partial charge in [0.25, 0.3) is 0 Å². The van der Waals surface area contributed by atoms with Gasteiger partial charge in [-0.15, -0.1) is 0 Å². The van der Waals surface area contributed by atoms with Crippen LogP contribution < -0.4 is 0 Å². The fraction of sp³-hybridized carbons (Fsp3) is 1.00. The molecule has 0 aromatic carbocycles. The minimum absolute atomic E-state index is 0.860. The van der Waals surface area contributed by atoms with Crippen molar-refractivity contribution in [1.29, 1.82) is 0 Å². The van der Waals surface area contributed by atoms with Crippen LogP contribution in [0.4, 0.5) is 0 Å². The molecular formula is C15H30. The van der Waals surface area contributed by atoms with Gasteiger partial charge in [0, 0.05) is 0 Å². The highest BCUT2D eigenvalue weighted by atomic mass is 14.4. The van der Waals surface area contributed by atoms with Crippen molar-refractivity contribution in [1.82, 2.24) is 0 Å². The van der Waals surface area contributed by atoms with Crippen molar-refractivity contribution in [3.8, 4) is 0 Å². The van der Waals surface area contributed by atoms with E-state index in [9.17, 15) is 0 Å². The first kappa shape index (κ1) is 13.1. The standard InChI is InChI=1S/C15H30/c1-6-13-8-9-15(13)14(7-2)10-12(5)11(3)4/h11-15H,6-10H2,1-5H3. The van der Waals surface area contributed by atoms with Crippen LogP contribution in [-0.4, -0.2) is 0 Å². The van der Waals surface area contributed by atoms with E-state index in [0.29, 0.717) is 0 Å². The SMILES string of the molecule is CCC1CCC1C(CC)CC(C)C(C)C. The van der Waals surface area contributed by atoms with Crippen molar-refractivity contribution in [2.45, 2.75) is 66.7 Å². The van der Waals surface area contributed by atoms with E-state index in [1.165, 1.54) is 32.1 Å². The normalized spacial score (nSPS) is 30.0. The molecule has 0 bridgehead atoms. The summed E-state index contributed by atoms with van der Waals surface area (Å²) in [4.78, 5) is 0. The third kappa shape index (κ3) is 3.23. The molecule has 0 aromatic heterocycles. The van der Waals surface area contributed by atoms with Gasteiger partial charge in [-0.1, -0.05) is 47.5 Å². The summed E-state index contributed by atoms with van der Waals surface area (Å²) < 4.78 is 0. The van der Waals surface area contributed by atoms with E-state index >= 15 is 0 Å². The maximum Gasteiger partial charge on any atom is -0.0357 e. The highest BCUT2D eigenvalue weighted by Gasteiger charge is 2.35. The van der Waals surface area contributed by atoms with E-state index in [0.717, 1.165) is 29.6 Å². The molecule has 1 fully saturated rings. The Kier molecular flexibility index (Phi) is 5.15. The molecule has 0 nitrogen and oxygen atoms in total. The molecule has 0 radical (unpaired) electrons. The first-order valence-corrected chi connectivity index (χ1v) is 7.10. The second-order valence-electron chi connectivity index (χ2n) is 6.03. The van der Waals surface area contributed by atoms with Crippen LogP contribution in [0.2, 0.25) is 0 Å². The molecule has 0 spiro atoms. The van der Waals surface area contributed by atoms with Gasteiger partial charge in [0.1, 0.15) is 0 Å². The molecule has 0 saturated heterocycles. The minimum Gasteiger partial charge on any atom is -0.0651 e. The van der Waals surface area contributed by atoms with Crippen LogP contribution in [-0.2, 0) is 0 Å². The lowest BCUT2D eigenvalue weighted by molar-refractivity contribution is 0.0777. The molecule has 0 heterocycles. The molecule has 0 aromatic rings. The lowest BCUT2D eigenvalue weighted by atomic mass is 9.63. The van der Waals surface area contributed by atoms with Crippen molar-refractivity contribution in [3.63, 3.8) is 0 Å². The number of hydrogen-bond donors (Lipinski definition) is 0. The Morgan fingerprint density at radius 2 is 1.73 bits per heavy atom. The maximum atomic E-state index is 2.44. The largest absolute Gasteiger partial charge is 0.0651 e. The van der Waals surface area contributed by atoms with Crippen LogP contribution in [0.5, 0.6) is 0 Å². The highest BCUT2D eigenvalue weighted by Crippen LogP contribution is 2.45. The van der Waals surface area contributed by atoms with Crippen LogP contribution in [0.1, 0.15) is 66.7 Å². The Labute approximate surface area is 96.8 Å². The lowest BCUT2D eigenvalue weighted by Gasteiger charge is -2.42. The van der Waals surface area contributed by atoms with Gasteiger partial charge < -0.3 is 0 Å². The molecule has 0 N–H and O–H groups in total. The van der Waals surface area contributed by atoms with E-state index in [4.69, 9.17) is 0 Å². The van der Waals surface area contributed by atoms with Crippen molar-refractivity contribution in [2.24, 2.45) is 29.6 Å². The van der Waals surface area contributed by atoms with Gasteiger partial charge in [-0.2, -0.15) is 0 Å². The average Bonchev–Trinajstić information content (AvgIpc) is 2.15. The van der Waals surface area contributed by atoms with Crippen LogP contribution in [0.3, 0.4) is 0 Å². The van der Waals surface area contributed by atoms with E-state index < -0.39 is 0 Å². The lowest BCUT2D eigenvalue weighted by Crippen LogP contribution is -2.33. The topological polar surface area (TPSA) is 0 Å². The van der Waals surface area contributed by atoms with Crippen molar-refractivity contribution in [2.75, 3.05) is 0 Å². The van der Waals surface area contributed by atoms with Crippen molar-refractivity contribution in [3.05, 3.63) is 0 Å². The molecule has 4 unspecified atom stereocenters. The zero-order chi connectivity index (χ0) is 11.4. The molecule has 90 valence electrons. The molecular weight excluding hydrogens is 180 g/mol. The maximum absolute atomic E-state index is 2.44. The Morgan fingerprint density at radius 1 is 1.07 bits per heavy atom. The summed E-state index contributed by atoms with van der Waals surface area (Å²) >= 11 is 0. The van der Waals surface area contributed by atoms with E-state index in [1.807, 2.05) is 0 Å². The van der Waals surface area contributed by atoms with Crippen LogP contribution >= 0.6 is 0 Å².